The van der Waals surface area contributed by atoms with Gasteiger partial charge in [0.1, 0.15) is 0 Å². The average Bonchev–Trinajstić information content (AvgIpc) is 3.12. The van der Waals surface area contributed by atoms with Crippen molar-refractivity contribution in [1.82, 2.24) is 20.0 Å². The van der Waals surface area contributed by atoms with Crippen molar-refractivity contribution in [2.45, 2.75) is 64.8 Å². The number of likely N-dealkylation sites (tertiary alicyclic amines) is 2. The van der Waals surface area contributed by atoms with Crippen molar-refractivity contribution in [2.24, 2.45) is 11.8 Å². The third-order valence-electron chi connectivity index (χ3n) is 6.38. The number of hydrogen-bond acceptors (Lipinski definition) is 3. The zero-order valence-corrected chi connectivity index (χ0v) is 17.3. The van der Waals surface area contributed by atoms with Gasteiger partial charge in [-0.25, -0.2) is 4.79 Å². The second kappa shape index (κ2) is 9.76. The van der Waals surface area contributed by atoms with E-state index in [1.54, 1.807) is 0 Å². The van der Waals surface area contributed by atoms with E-state index < -0.39 is 0 Å². The Bertz CT molecular complexity index is 500. The number of rotatable bonds is 7. The summed E-state index contributed by atoms with van der Waals surface area (Å²) in [7, 11) is 0. The number of carbonyl (C=O) groups excluding carboxylic acids is 2. The molecule has 154 valence electrons. The van der Waals surface area contributed by atoms with Gasteiger partial charge in [-0.05, 0) is 57.5 Å². The summed E-state index contributed by atoms with van der Waals surface area (Å²) in [4.78, 5) is 32.2. The molecule has 3 aliphatic rings. The largest absolute Gasteiger partial charge is 0.338 e. The Labute approximate surface area is 164 Å². The van der Waals surface area contributed by atoms with Crippen LogP contribution in [0.5, 0.6) is 0 Å². The minimum absolute atomic E-state index is 0.0315. The molecule has 0 aromatic heterocycles. The third-order valence-corrected chi connectivity index (χ3v) is 6.38. The average molecular weight is 379 g/mol. The highest BCUT2D eigenvalue weighted by Gasteiger charge is 2.36. The van der Waals surface area contributed by atoms with Crippen LogP contribution in [0.3, 0.4) is 0 Å². The predicted molar refractivity (Wildman–Crippen MR) is 108 cm³/mol. The second-order valence-corrected chi connectivity index (χ2v) is 9.03. The summed E-state index contributed by atoms with van der Waals surface area (Å²) in [6.07, 6.45) is 7.84. The normalized spacial score (nSPS) is 24.1. The van der Waals surface area contributed by atoms with Gasteiger partial charge in [0, 0.05) is 44.7 Å². The molecule has 0 aromatic rings. The first kappa shape index (κ1) is 20.4. The molecule has 6 nitrogen and oxygen atoms in total. The van der Waals surface area contributed by atoms with E-state index >= 15 is 0 Å². The van der Waals surface area contributed by atoms with Gasteiger partial charge in [0.15, 0.2) is 0 Å². The fourth-order valence-corrected chi connectivity index (χ4v) is 4.41. The summed E-state index contributed by atoms with van der Waals surface area (Å²) < 4.78 is 0. The zero-order chi connectivity index (χ0) is 19.2. The van der Waals surface area contributed by atoms with Crippen LogP contribution in [0.15, 0.2) is 0 Å². The van der Waals surface area contributed by atoms with Crippen molar-refractivity contribution in [3.63, 3.8) is 0 Å². The molecule has 0 bridgehead atoms. The van der Waals surface area contributed by atoms with Gasteiger partial charge < -0.3 is 20.0 Å². The molecule has 1 saturated carbocycles. The maximum absolute atomic E-state index is 13.1. The topological polar surface area (TPSA) is 55.9 Å². The van der Waals surface area contributed by atoms with E-state index in [0.717, 1.165) is 45.3 Å². The lowest BCUT2D eigenvalue weighted by Gasteiger charge is -2.42. The SMILES string of the molecule is CC(C)CNC(=O)N1CCCC(N(CCN2CCCC2)C(=O)C2CCC2)C1. The summed E-state index contributed by atoms with van der Waals surface area (Å²) in [6.45, 7) is 10.5. The lowest BCUT2D eigenvalue weighted by Crippen LogP contribution is -2.56. The van der Waals surface area contributed by atoms with Gasteiger partial charge in [0.25, 0.3) is 0 Å². The Morgan fingerprint density at radius 1 is 1.04 bits per heavy atom. The van der Waals surface area contributed by atoms with Gasteiger partial charge in [-0.15, -0.1) is 0 Å². The number of nitrogens with zero attached hydrogens (tertiary/aromatic N) is 3. The molecule has 1 unspecified atom stereocenters. The van der Waals surface area contributed by atoms with Crippen LogP contribution in [-0.2, 0) is 4.79 Å². The number of hydrogen-bond donors (Lipinski definition) is 1. The first-order valence-corrected chi connectivity index (χ1v) is 11.1. The van der Waals surface area contributed by atoms with Gasteiger partial charge in [0.05, 0.1) is 0 Å². The van der Waals surface area contributed by atoms with Crippen LogP contribution < -0.4 is 5.32 Å². The number of carbonyl (C=O) groups is 2. The summed E-state index contributed by atoms with van der Waals surface area (Å²) >= 11 is 0. The van der Waals surface area contributed by atoms with E-state index in [2.05, 4.69) is 29.0 Å². The van der Waals surface area contributed by atoms with Crippen molar-refractivity contribution in [1.29, 1.82) is 0 Å². The zero-order valence-electron chi connectivity index (χ0n) is 17.3. The molecule has 2 heterocycles. The Balaban J connectivity index is 1.59. The van der Waals surface area contributed by atoms with Gasteiger partial charge >= 0.3 is 6.03 Å². The minimum atomic E-state index is 0.0315. The molecule has 27 heavy (non-hydrogen) atoms. The van der Waals surface area contributed by atoms with E-state index in [1.807, 2.05) is 4.90 Å². The maximum atomic E-state index is 13.1. The molecule has 1 N–H and O–H groups in total. The molecule has 3 rings (SSSR count). The highest BCUT2D eigenvalue weighted by molar-refractivity contribution is 5.80. The van der Waals surface area contributed by atoms with E-state index in [0.29, 0.717) is 24.9 Å². The lowest BCUT2D eigenvalue weighted by atomic mass is 9.83. The Morgan fingerprint density at radius 2 is 1.78 bits per heavy atom. The smallest absolute Gasteiger partial charge is 0.317 e. The highest BCUT2D eigenvalue weighted by atomic mass is 16.2. The van der Waals surface area contributed by atoms with Gasteiger partial charge in [-0.2, -0.15) is 0 Å². The molecule has 0 spiro atoms. The van der Waals surface area contributed by atoms with Crippen molar-refractivity contribution < 1.29 is 9.59 Å². The number of piperidine rings is 1. The molecule has 2 saturated heterocycles. The molecule has 3 amide bonds. The molecule has 0 radical (unpaired) electrons. The molecule has 1 aliphatic carbocycles. The first-order valence-electron chi connectivity index (χ1n) is 11.1. The van der Waals surface area contributed by atoms with Crippen LogP contribution in [0.2, 0.25) is 0 Å². The van der Waals surface area contributed by atoms with Gasteiger partial charge in [-0.1, -0.05) is 20.3 Å². The third kappa shape index (κ3) is 5.59. The monoisotopic (exact) mass is 378 g/mol. The minimum Gasteiger partial charge on any atom is -0.338 e. The van der Waals surface area contributed by atoms with Crippen molar-refractivity contribution in [2.75, 3.05) is 45.8 Å². The second-order valence-electron chi connectivity index (χ2n) is 9.03. The van der Waals surface area contributed by atoms with Crippen LogP contribution in [0, 0.1) is 11.8 Å². The predicted octanol–water partition coefficient (Wildman–Crippen LogP) is 2.54. The summed E-state index contributed by atoms with van der Waals surface area (Å²) in [5, 5.41) is 3.04. The molecule has 6 heteroatoms. The molecule has 1 atom stereocenters. The summed E-state index contributed by atoms with van der Waals surface area (Å²) in [5.74, 6) is 1.02. The van der Waals surface area contributed by atoms with Crippen LogP contribution in [0.1, 0.15) is 58.8 Å². The Morgan fingerprint density at radius 3 is 2.41 bits per heavy atom. The summed E-state index contributed by atoms with van der Waals surface area (Å²) in [5.41, 5.74) is 0. The molecule has 0 aromatic carbocycles. The molecule has 2 aliphatic heterocycles. The van der Waals surface area contributed by atoms with Gasteiger partial charge in [-0.3, -0.25) is 4.79 Å². The van der Waals surface area contributed by atoms with Gasteiger partial charge in [0.2, 0.25) is 5.91 Å². The molecule has 3 fully saturated rings. The first-order chi connectivity index (χ1) is 13.0. The fraction of sp³-hybridized carbons (Fsp3) is 0.905. The quantitative estimate of drug-likeness (QED) is 0.741. The summed E-state index contributed by atoms with van der Waals surface area (Å²) in [6, 6.07) is 0.211. The number of amides is 3. The van der Waals surface area contributed by atoms with Crippen LogP contribution in [-0.4, -0.2) is 78.5 Å². The fourth-order valence-electron chi connectivity index (χ4n) is 4.41. The van der Waals surface area contributed by atoms with Crippen LogP contribution >= 0.6 is 0 Å². The number of urea groups is 1. The number of nitrogens with one attached hydrogen (secondary N) is 1. The maximum Gasteiger partial charge on any atom is 0.317 e. The van der Waals surface area contributed by atoms with Crippen molar-refractivity contribution in [3.8, 4) is 0 Å². The molecular formula is C21H38N4O2. The van der Waals surface area contributed by atoms with E-state index in [1.165, 1.54) is 32.4 Å². The Kier molecular flexibility index (Phi) is 7.39. The Hall–Kier alpha value is -1.30. The van der Waals surface area contributed by atoms with Crippen molar-refractivity contribution in [3.05, 3.63) is 0 Å². The van der Waals surface area contributed by atoms with E-state index in [9.17, 15) is 9.59 Å². The highest BCUT2D eigenvalue weighted by Crippen LogP contribution is 2.30. The van der Waals surface area contributed by atoms with E-state index in [4.69, 9.17) is 0 Å². The van der Waals surface area contributed by atoms with Crippen LogP contribution in [0.4, 0.5) is 4.79 Å². The van der Waals surface area contributed by atoms with E-state index in [-0.39, 0.29) is 18.0 Å². The van der Waals surface area contributed by atoms with Crippen LogP contribution in [0.25, 0.3) is 0 Å². The standard InChI is InChI=1S/C21H38N4O2/c1-17(2)15-22-21(27)24-12-6-9-19(16-24)25(20(26)18-7-5-8-18)14-13-23-10-3-4-11-23/h17-19H,3-16H2,1-2H3,(H,22,27). The molecular weight excluding hydrogens is 340 g/mol. The lowest BCUT2D eigenvalue weighted by molar-refractivity contribution is -0.141. The van der Waals surface area contributed by atoms with Crippen molar-refractivity contribution >= 4 is 11.9 Å².